The lowest BCUT2D eigenvalue weighted by atomic mass is 10.1. The zero-order chi connectivity index (χ0) is 16.0. The number of allylic oxidation sites excluding steroid dienone is 1. The van der Waals surface area contributed by atoms with Crippen molar-refractivity contribution in [1.29, 1.82) is 0 Å². The molecule has 2 aromatic carbocycles. The lowest BCUT2D eigenvalue weighted by molar-refractivity contribution is 0.625. The quantitative estimate of drug-likeness (QED) is 0.703. The molecular weight excluding hydrogens is 293 g/mol. The van der Waals surface area contributed by atoms with Gasteiger partial charge in [-0.3, -0.25) is 9.36 Å². The Kier molecular flexibility index (Phi) is 3.01. The first-order valence-corrected chi connectivity index (χ1v) is 7.39. The first-order valence-electron chi connectivity index (χ1n) is 7.39. The van der Waals surface area contributed by atoms with Gasteiger partial charge in [-0.2, -0.15) is 0 Å². The maximum atomic E-state index is 13.9. The van der Waals surface area contributed by atoms with Crippen LogP contribution in [0.25, 0.3) is 22.6 Å². The fraction of sp³-hybridized carbons (Fsp3) is 0.111. The van der Waals surface area contributed by atoms with Gasteiger partial charge in [-0.25, -0.2) is 9.37 Å². The van der Waals surface area contributed by atoms with E-state index in [0.717, 1.165) is 5.57 Å². The van der Waals surface area contributed by atoms with Crippen LogP contribution in [0.5, 0.6) is 0 Å². The Morgan fingerprint density at radius 1 is 1.22 bits per heavy atom. The van der Waals surface area contributed by atoms with E-state index < -0.39 is 0 Å². The number of anilines is 1. The third-order valence-corrected chi connectivity index (χ3v) is 4.11. The molecule has 3 aromatic rings. The first kappa shape index (κ1) is 13.7. The molecule has 114 valence electrons. The second-order valence-electron chi connectivity index (χ2n) is 5.61. The summed E-state index contributed by atoms with van der Waals surface area (Å²) in [4.78, 5) is 17.2. The van der Waals surface area contributed by atoms with Crippen LogP contribution in [0.4, 0.5) is 10.1 Å². The normalized spacial score (nSPS) is 15.3. The molecule has 0 saturated carbocycles. The Morgan fingerprint density at radius 2 is 2.04 bits per heavy atom. The fourth-order valence-electron chi connectivity index (χ4n) is 2.95. The van der Waals surface area contributed by atoms with E-state index in [2.05, 4.69) is 4.98 Å². The van der Waals surface area contributed by atoms with Gasteiger partial charge in [-0.1, -0.05) is 18.2 Å². The van der Waals surface area contributed by atoms with Crippen LogP contribution in [0.1, 0.15) is 17.8 Å². The Hall–Kier alpha value is -2.95. The molecule has 0 aliphatic carbocycles. The summed E-state index contributed by atoms with van der Waals surface area (Å²) in [5, 5.41) is 0.551. The first-order chi connectivity index (χ1) is 11.1. The third-order valence-electron chi connectivity index (χ3n) is 4.11. The zero-order valence-corrected chi connectivity index (χ0v) is 12.3. The molecule has 5 heteroatoms. The lowest BCUT2D eigenvalue weighted by Gasteiger charge is -2.06. The molecule has 23 heavy (non-hydrogen) atoms. The molecule has 1 aliphatic rings. The van der Waals surface area contributed by atoms with Gasteiger partial charge < -0.3 is 5.73 Å². The summed E-state index contributed by atoms with van der Waals surface area (Å²) in [6.07, 6.45) is 2.42. The van der Waals surface area contributed by atoms with Gasteiger partial charge >= 0.3 is 0 Å². The Morgan fingerprint density at radius 3 is 2.87 bits per heavy atom. The highest BCUT2D eigenvalue weighted by atomic mass is 19.1. The Labute approximate surface area is 131 Å². The van der Waals surface area contributed by atoms with E-state index >= 15 is 0 Å². The van der Waals surface area contributed by atoms with Gasteiger partial charge in [0, 0.05) is 17.8 Å². The van der Waals surface area contributed by atoms with E-state index in [0.29, 0.717) is 40.9 Å². The number of fused-ring (bicyclic) bond motifs is 2. The van der Waals surface area contributed by atoms with Crippen molar-refractivity contribution in [3.63, 3.8) is 0 Å². The molecule has 0 spiro atoms. The number of halogens is 1. The molecule has 0 unspecified atom stereocenters. The van der Waals surface area contributed by atoms with E-state index in [4.69, 9.17) is 5.73 Å². The van der Waals surface area contributed by atoms with Crippen molar-refractivity contribution in [3.05, 3.63) is 70.0 Å². The maximum absolute atomic E-state index is 13.9. The smallest absolute Gasteiger partial charge is 0.261 e. The van der Waals surface area contributed by atoms with Crippen molar-refractivity contribution >= 4 is 28.2 Å². The monoisotopic (exact) mass is 307 g/mol. The van der Waals surface area contributed by atoms with Crippen LogP contribution in [-0.2, 0) is 6.54 Å². The molecule has 4 nitrogen and oxygen atoms in total. The minimum Gasteiger partial charge on any atom is -0.399 e. The van der Waals surface area contributed by atoms with Crippen LogP contribution >= 0.6 is 0 Å². The van der Waals surface area contributed by atoms with Crippen LogP contribution in [0, 0.1) is 5.82 Å². The van der Waals surface area contributed by atoms with Crippen molar-refractivity contribution in [2.24, 2.45) is 0 Å². The van der Waals surface area contributed by atoms with Crippen LogP contribution in [-0.4, -0.2) is 9.55 Å². The second kappa shape index (κ2) is 5.05. The maximum Gasteiger partial charge on any atom is 0.261 e. The Bertz CT molecular complexity index is 1020. The number of benzene rings is 2. The van der Waals surface area contributed by atoms with Gasteiger partial charge in [0.05, 0.1) is 10.9 Å². The van der Waals surface area contributed by atoms with Crippen LogP contribution in [0.2, 0.25) is 0 Å². The molecule has 0 amide bonds. The van der Waals surface area contributed by atoms with Crippen LogP contribution < -0.4 is 11.3 Å². The molecule has 0 radical (unpaired) electrons. The predicted molar refractivity (Wildman–Crippen MR) is 89.3 cm³/mol. The van der Waals surface area contributed by atoms with Crippen molar-refractivity contribution in [2.75, 3.05) is 5.73 Å². The van der Waals surface area contributed by atoms with E-state index in [1.807, 2.05) is 0 Å². The van der Waals surface area contributed by atoms with Crippen molar-refractivity contribution < 1.29 is 4.39 Å². The predicted octanol–water partition coefficient (Wildman–Crippen LogP) is 3.06. The summed E-state index contributed by atoms with van der Waals surface area (Å²) >= 11 is 0. The van der Waals surface area contributed by atoms with E-state index in [1.165, 1.54) is 6.07 Å². The van der Waals surface area contributed by atoms with Gasteiger partial charge in [0.1, 0.15) is 11.6 Å². The minimum absolute atomic E-state index is 0.0815. The average molecular weight is 307 g/mol. The van der Waals surface area contributed by atoms with Crippen molar-refractivity contribution in [2.45, 2.75) is 13.0 Å². The van der Waals surface area contributed by atoms with E-state index in [-0.39, 0.29) is 11.4 Å². The number of nitrogens with zero attached hydrogens (tertiary/aromatic N) is 2. The molecule has 4 rings (SSSR count). The van der Waals surface area contributed by atoms with Gasteiger partial charge in [-0.05, 0) is 42.3 Å². The fourth-order valence-corrected chi connectivity index (χ4v) is 2.95. The number of rotatable bonds is 1. The third kappa shape index (κ3) is 2.21. The highest BCUT2D eigenvalue weighted by molar-refractivity contribution is 5.86. The lowest BCUT2D eigenvalue weighted by Crippen LogP contribution is -2.20. The summed E-state index contributed by atoms with van der Waals surface area (Å²) in [7, 11) is 0. The molecule has 1 aliphatic heterocycles. The topological polar surface area (TPSA) is 60.9 Å². The van der Waals surface area contributed by atoms with E-state index in [1.54, 1.807) is 47.0 Å². The van der Waals surface area contributed by atoms with E-state index in [9.17, 15) is 9.18 Å². The SMILES string of the molecule is Nc1ccc2c(=O)n3c(nc2c1)C(=Cc1ccccc1F)CC3. The standard InChI is InChI=1S/C18H14FN3O/c19-15-4-2-1-3-11(15)9-12-7-8-22-17(12)21-16-10-13(20)5-6-14(16)18(22)23/h1-6,9-10H,7-8,20H2. The van der Waals surface area contributed by atoms with Gasteiger partial charge in [0.25, 0.3) is 5.56 Å². The summed E-state index contributed by atoms with van der Waals surface area (Å²) in [6, 6.07) is 11.7. The molecule has 0 bridgehead atoms. The van der Waals surface area contributed by atoms with Crippen LogP contribution in [0.15, 0.2) is 47.3 Å². The van der Waals surface area contributed by atoms with Gasteiger partial charge in [-0.15, -0.1) is 0 Å². The highest BCUT2D eigenvalue weighted by Gasteiger charge is 2.21. The number of hydrogen-bond donors (Lipinski definition) is 1. The van der Waals surface area contributed by atoms with Crippen molar-refractivity contribution in [3.8, 4) is 0 Å². The summed E-state index contributed by atoms with van der Waals surface area (Å²) in [5.74, 6) is 0.308. The molecule has 2 heterocycles. The number of aromatic nitrogens is 2. The molecule has 0 atom stereocenters. The molecule has 0 saturated heterocycles. The summed E-state index contributed by atoms with van der Waals surface area (Å²) < 4.78 is 15.5. The molecule has 1 aromatic heterocycles. The van der Waals surface area contributed by atoms with Crippen molar-refractivity contribution in [1.82, 2.24) is 9.55 Å². The molecule has 2 N–H and O–H groups in total. The Balaban J connectivity index is 1.93. The summed E-state index contributed by atoms with van der Waals surface area (Å²) in [5.41, 5.74) is 8.19. The average Bonchev–Trinajstić information content (AvgIpc) is 2.93. The number of nitrogen functional groups attached to an aromatic ring is 1. The number of nitrogens with two attached hydrogens (primary N) is 1. The number of hydrogen-bond acceptors (Lipinski definition) is 3. The molecular formula is C18H14FN3O. The summed E-state index contributed by atoms with van der Waals surface area (Å²) in [6.45, 7) is 0.557. The van der Waals surface area contributed by atoms with Gasteiger partial charge in [0.2, 0.25) is 0 Å². The van der Waals surface area contributed by atoms with Gasteiger partial charge in [0.15, 0.2) is 0 Å². The largest absolute Gasteiger partial charge is 0.399 e. The minimum atomic E-state index is -0.286. The van der Waals surface area contributed by atoms with Crippen LogP contribution in [0.3, 0.4) is 0 Å². The molecule has 0 fully saturated rings. The highest BCUT2D eigenvalue weighted by Crippen LogP contribution is 2.28. The zero-order valence-electron chi connectivity index (χ0n) is 12.3. The second-order valence-corrected chi connectivity index (χ2v) is 5.61.